The van der Waals surface area contributed by atoms with Crippen LogP contribution in [-0.4, -0.2) is 44.0 Å². The van der Waals surface area contributed by atoms with Crippen molar-refractivity contribution >= 4 is 11.9 Å². The minimum absolute atomic E-state index is 0.186. The molecule has 0 aromatic heterocycles. The van der Waals surface area contributed by atoms with E-state index < -0.39 is 0 Å². The number of aliphatic imine (C=N–C) groups is 1. The number of carbonyl (C=O) groups is 1. The minimum atomic E-state index is 0.186. The maximum absolute atomic E-state index is 11.6. The summed E-state index contributed by atoms with van der Waals surface area (Å²) in [7, 11) is 3.80. The zero-order valence-corrected chi connectivity index (χ0v) is 14.4. The molecule has 2 rings (SSSR count). The van der Waals surface area contributed by atoms with E-state index in [-0.39, 0.29) is 11.8 Å². The number of hydrogen-bond acceptors (Lipinski definition) is 2. The Morgan fingerprint density at radius 2 is 1.78 bits per heavy atom. The molecule has 2 N–H and O–H groups in total. The fourth-order valence-electron chi connectivity index (χ4n) is 2.46. The summed E-state index contributed by atoms with van der Waals surface area (Å²) in [6.07, 6.45) is 3.15. The molecule has 1 saturated carbocycles. The molecular weight excluding hydrogens is 288 g/mol. The van der Waals surface area contributed by atoms with E-state index in [0.29, 0.717) is 13.1 Å². The van der Waals surface area contributed by atoms with E-state index in [9.17, 15) is 4.79 Å². The molecule has 5 nitrogen and oxygen atoms in total. The van der Waals surface area contributed by atoms with Gasteiger partial charge >= 0.3 is 0 Å². The highest BCUT2D eigenvalue weighted by molar-refractivity contribution is 5.81. The average Bonchev–Trinajstić information content (AvgIpc) is 3.40. The number of rotatable bonds is 7. The van der Waals surface area contributed by atoms with Crippen LogP contribution < -0.4 is 10.6 Å². The van der Waals surface area contributed by atoms with E-state index in [1.54, 1.807) is 7.05 Å². The summed E-state index contributed by atoms with van der Waals surface area (Å²) in [6, 6.07) is 8.68. The highest BCUT2D eigenvalue weighted by atomic mass is 16.2. The molecule has 1 aliphatic rings. The van der Waals surface area contributed by atoms with Crippen LogP contribution in [0.4, 0.5) is 0 Å². The van der Waals surface area contributed by atoms with Gasteiger partial charge < -0.3 is 15.5 Å². The van der Waals surface area contributed by atoms with Crippen molar-refractivity contribution in [1.82, 2.24) is 15.5 Å². The number of carbonyl (C=O) groups excluding carboxylic acids is 1. The Kier molecular flexibility index (Phi) is 6.44. The van der Waals surface area contributed by atoms with Crippen molar-refractivity contribution < 1.29 is 4.79 Å². The van der Waals surface area contributed by atoms with Gasteiger partial charge in [0.1, 0.15) is 0 Å². The smallest absolute Gasteiger partial charge is 0.223 e. The highest BCUT2D eigenvalue weighted by Gasteiger charge is 2.28. The summed E-state index contributed by atoms with van der Waals surface area (Å²) < 4.78 is 0. The van der Waals surface area contributed by atoms with Crippen LogP contribution in [0, 0.1) is 5.92 Å². The fourth-order valence-corrected chi connectivity index (χ4v) is 2.46. The van der Waals surface area contributed by atoms with Gasteiger partial charge in [-0.15, -0.1) is 0 Å². The van der Waals surface area contributed by atoms with Gasteiger partial charge in [-0.2, -0.15) is 0 Å². The van der Waals surface area contributed by atoms with Crippen molar-refractivity contribution in [1.29, 1.82) is 0 Å². The van der Waals surface area contributed by atoms with E-state index in [2.05, 4.69) is 51.7 Å². The van der Waals surface area contributed by atoms with Crippen LogP contribution in [0.5, 0.6) is 0 Å². The van der Waals surface area contributed by atoms with Gasteiger partial charge in [0.05, 0.1) is 0 Å². The van der Waals surface area contributed by atoms with Gasteiger partial charge in [-0.05, 0) is 30.4 Å². The lowest BCUT2D eigenvalue weighted by Crippen LogP contribution is -2.42. The first-order chi connectivity index (χ1) is 11.1. The first-order valence-corrected chi connectivity index (χ1v) is 8.41. The van der Waals surface area contributed by atoms with Gasteiger partial charge in [0.15, 0.2) is 5.96 Å². The lowest BCUT2D eigenvalue weighted by atomic mass is 10.1. The molecule has 1 fully saturated rings. The van der Waals surface area contributed by atoms with E-state index in [0.717, 1.165) is 31.8 Å². The lowest BCUT2D eigenvalue weighted by Gasteiger charge is -2.22. The minimum Gasteiger partial charge on any atom is -0.354 e. The Bertz CT molecular complexity index is 534. The second kappa shape index (κ2) is 8.56. The fraction of sp³-hybridized carbons (Fsp3) is 0.556. The van der Waals surface area contributed by atoms with Crippen LogP contribution in [0.25, 0.3) is 0 Å². The van der Waals surface area contributed by atoms with Crippen LogP contribution in [0.1, 0.15) is 30.9 Å². The summed E-state index contributed by atoms with van der Waals surface area (Å²) in [5.41, 5.74) is 2.61. The molecule has 5 heteroatoms. The van der Waals surface area contributed by atoms with Crippen LogP contribution in [-0.2, 0) is 17.8 Å². The molecule has 1 aromatic carbocycles. The van der Waals surface area contributed by atoms with Crippen molar-refractivity contribution in [3.63, 3.8) is 0 Å². The van der Waals surface area contributed by atoms with E-state index in [4.69, 9.17) is 0 Å². The number of guanidine groups is 1. The molecule has 1 aromatic rings. The molecule has 0 heterocycles. The lowest BCUT2D eigenvalue weighted by molar-refractivity contribution is -0.122. The maximum Gasteiger partial charge on any atom is 0.223 e. The second-order valence-electron chi connectivity index (χ2n) is 6.07. The first kappa shape index (κ1) is 17.3. The number of hydrogen-bond donors (Lipinski definition) is 2. The van der Waals surface area contributed by atoms with Crippen molar-refractivity contribution in [2.75, 3.05) is 27.2 Å². The summed E-state index contributed by atoms with van der Waals surface area (Å²) >= 11 is 0. The van der Waals surface area contributed by atoms with Gasteiger partial charge in [0.2, 0.25) is 5.91 Å². The van der Waals surface area contributed by atoms with Crippen LogP contribution in [0.15, 0.2) is 29.3 Å². The number of nitrogens with one attached hydrogen (secondary N) is 2. The number of nitrogens with zero attached hydrogens (tertiary/aromatic N) is 2. The number of amides is 1. The van der Waals surface area contributed by atoms with Crippen molar-refractivity contribution in [2.45, 2.75) is 32.7 Å². The average molecular weight is 316 g/mol. The monoisotopic (exact) mass is 316 g/mol. The third kappa shape index (κ3) is 5.58. The van der Waals surface area contributed by atoms with Gasteiger partial charge in [-0.3, -0.25) is 9.79 Å². The summed E-state index contributed by atoms with van der Waals surface area (Å²) in [6.45, 7) is 4.28. The molecule has 23 heavy (non-hydrogen) atoms. The predicted octanol–water partition coefficient (Wildman–Crippen LogP) is 1.78. The van der Waals surface area contributed by atoms with Crippen molar-refractivity contribution in [3.05, 3.63) is 35.4 Å². The van der Waals surface area contributed by atoms with Gasteiger partial charge in [0, 0.05) is 39.6 Å². The summed E-state index contributed by atoms with van der Waals surface area (Å²) in [5, 5.41) is 6.24. The predicted molar refractivity (Wildman–Crippen MR) is 94.4 cm³/mol. The first-order valence-electron chi connectivity index (χ1n) is 8.41. The third-order valence-electron chi connectivity index (χ3n) is 4.08. The molecule has 0 radical (unpaired) electrons. The largest absolute Gasteiger partial charge is 0.354 e. The molecule has 0 bridgehead atoms. The Morgan fingerprint density at radius 1 is 1.17 bits per heavy atom. The molecule has 126 valence electrons. The topological polar surface area (TPSA) is 56.7 Å². The van der Waals surface area contributed by atoms with Gasteiger partial charge in [-0.1, -0.05) is 31.2 Å². The zero-order chi connectivity index (χ0) is 16.7. The molecular formula is C18H28N4O. The molecule has 0 saturated heterocycles. The van der Waals surface area contributed by atoms with Gasteiger partial charge in [0.25, 0.3) is 0 Å². The molecule has 0 aliphatic heterocycles. The van der Waals surface area contributed by atoms with Crippen molar-refractivity contribution in [2.24, 2.45) is 10.9 Å². The number of aryl methyl sites for hydroxylation is 1. The molecule has 0 unspecified atom stereocenters. The van der Waals surface area contributed by atoms with Crippen LogP contribution in [0.2, 0.25) is 0 Å². The van der Waals surface area contributed by atoms with Gasteiger partial charge in [-0.25, -0.2) is 0 Å². The molecule has 0 atom stereocenters. The normalized spacial score (nSPS) is 14.5. The molecule has 1 aliphatic carbocycles. The molecule has 0 spiro atoms. The Hall–Kier alpha value is -2.04. The Balaban J connectivity index is 1.73. The van der Waals surface area contributed by atoms with E-state index in [1.807, 2.05) is 7.05 Å². The SMILES string of the molecule is CCc1ccc(CN(C)C(=NC)NCCNC(=O)C2CC2)cc1. The Labute approximate surface area is 139 Å². The Morgan fingerprint density at radius 3 is 2.35 bits per heavy atom. The van der Waals surface area contributed by atoms with Crippen LogP contribution >= 0.6 is 0 Å². The molecule has 1 amide bonds. The second-order valence-corrected chi connectivity index (χ2v) is 6.07. The number of benzene rings is 1. The summed E-state index contributed by atoms with van der Waals surface area (Å²) in [4.78, 5) is 18.0. The van der Waals surface area contributed by atoms with Crippen molar-refractivity contribution in [3.8, 4) is 0 Å². The summed E-state index contributed by atoms with van der Waals surface area (Å²) in [5.74, 6) is 1.29. The maximum atomic E-state index is 11.6. The zero-order valence-electron chi connectivity index (χ0n) is 14.4. The van der Waals surface area contributed by atoms with Crippen LogP contribution in [0.3, 0.4) is 0 Å². The highest BCUT2D eigenvalue weighted by Crippen LogP contribution is 2.28. The third-order valence-corrected chi connectivity index (χ3v) is 4.08. The van der Waals surface area contributed by atoms with E-state index >= 15 is 0 Å². The standard InChI is InChI=1S/C18H28N4O/c1-4-14-5-7-15(8-6-14)13-22(3)18(19-2)21-12-11-20-17(23)16-9-10-16/h5-8,16H,4,9-13H2,1-3H3,(H,19,21)(H,20,23). The quantitative estimate of drug-likeness (QED) is 0.458. The van der Waals surface area contributed by atoms with E-state index in [1.165, 1.54) is 11.1 Å².